The van der Waals surface area contributed by atoms with Crippen molar-refractivity contribution in [1.82, 2.24) is 19.5 Å². The van der Waals surface area contributed by atoms with Gasteiger partial charge in [-0.05, 0) is 32.6 Å². The van der Waals surface area contributed by atoms with E-state index in [1.807, 2.05) is 32.4 Å². The maximum absolute atomic E-state index is 6.04. The molecule has 6 nitrogen and oxygen atoms in total. The lowest BCUT2D eigenvalue weighted by Gasteiger charge is -2.31. The Morgan fingerprint density at radius 1 is 1.29 bits per heavy atom. The number of nitrogens with one attached hydrogen (secondary N) is 1. The summed E-state index contributed by atoms with van der Waals surface area (Å²) in [4.78, 5) is 13.8. The highest BCUT2D eigenvalue weighted by Crippen LogP contribution is 2.38. The molecule has 2 fully saturated rings. The molecule has 0 spiro atoms. The number of anilines is 1. The molecule has 0 unspecified atom stereocenters. The van der Waals surface area contributed by atoms with Crippen molar-refractivity contribution in [2.75, 3.05) is 18.5 Å². The van der Waals surface area contributed by atoms with Crippen molar-refractivity contribution < 1.29 is 4.74 Å². The zero-order chi connectivity index (χ0) is 16.5. The van der Waals surface area contributed by atoms with E-state index in [2.05, 4.69) is 19.9 Å². The number of hydrogen-bond donors (Lipinski definition) is 1. The molecule has 1 aliphatic carbocycles. The van der Waals surface area contributed by atoms with Crippen LogP contribution in [0, 0.1) is 12.8 Å². The lowest BCUT2D eigenvalue weighted by molar-refractivity contribution is -0.0305. The summed E-state index contributed by atoms with van der Waals surface area (Å²) in [6.45, 7) is 3.70. The quantitative estimate of drug-likeness (QED) is 0.914. The van der Waals surface area contributed by atoms with E-state index in [0.717, 1.165) is 49.2 Å². The first kappa shape index (κ1) is 15.6. The highest BCUT2D eigenvalue weighted by molar-refractivity contribution is 5.37. The van der Waals surface area contributed by atoms with Crippen LogP contribution in [-0.4, -0.2) is 32.7 Å². The topological polar surface area (TPSA) is 64.9 Å². The molecule has 0 radical (unpaired) electrons. The third-order valence-corrected chi connectivity index (χ3v) is 4.92. The smallest absolute Gasteiger partial charge is 0.138 e. The number of aromatic nitrogens is 4. The second-order valence-corrected chi connectivity index (χ2v) is 7.00. The van der Waals surface area contributed by atoms with Gasteiger partial charge >= 0.3 is 0 Å². The molecule has 0 bridgehead atoms. The monoisotopic (exact) mass is 327 g/mol. The van der Waals surface area contributed by atoms with Gasteiger partial charge in [-0.3, -0.25) is 0 Å². The molecule has 0 aromatic carbocycles. The Hall–Kier alpha value is -1.95. The van der Waals surface area contributed by atoms with E-state index < -0.39 is 0 Å². The second-order valence-electron chi connectivity index (χ2n) is 7.00. The van der Waals surface area contributed by atoms with Crippen LogP contribution in [0.25, 0.3) is 0 Å². The molecule has 0 amide bonds. The zero-order valence-electron chi connectivity index (χ0n) is 14.4. The molecular weight excluding hydrogens is 302 g/mol. The summed E-state index contributed by atoms with van der Waals surface area (Å²) >= 11 is 0. The average Bonchev–Trinajstić information content (AvgIpc) is 3.35. The van der Waals surface area contributed by atoms with Crippen LogP contribution in [0.1, 0.15) is 55.0 Å². The molecule has 24 heavy (non-hydrogen) atoms. The van der Waals surface area contributed by atoms with Crippen molar-refractivity contribution >= 4 is 5.82 Å². The minimum absolute atomic E-state index is 0.0529. The minimum Gasteiger partial charge on any atom is -0.370 e. The van der Waals surface area contributed by atoms with Gasteiger partial charge in [0.05, 0.1) is 0 Å². The van der Waals surface area contributed by atoms with Crippen LogP contribution in [0.15, 0.2) is 18.5 Å². The zero-order valence-corrected chi connectivity index (χ0v) is 14.4. The highest BCUT2D eigenvalue weighted by Gasteiger charge is 2.31. The second kappa shape index (κ2) is 6.51. The fourth-order valence-corrected chi connectivity index (χ4v) is 3.43. The first-order valence-electron chi connectivity index (χ1n) is 8.89. The number of nitrogens with zero attached hydrogens (tertiary/aromatic N) is 4. The largest absolute Gasteiger partial charge is 0.370 e. The van der Waals surface area contributed by atoms with Gasteiger partial charge < -0.3 is 14.6 Å². The van der Waals surface area contributed by atoms with Crippen molar-refractivity contribution in [3.05, 3.63) is 35.8 Å². The fraction of sp³-hybridized carbons (Fsp3) is 0.611. The van der Waals surface area contributed by atoms with E-state index in [-0.39, 0.29) is 6.10 Å². The van der Waals surface area contributed by atoms with Gasteiger partial charge in [0.2, 0.25) is 0 Å². The van der Waals surface area contributed by atoms with Crippen LogP contribution in [0.4, 0.5) is 5.82 Å². The van der Waals surface area contributed by atoms with Crippen molar-refractivity contribution in [1.29, 1.82) is 0 Å². The number of imidazole rings is 1. The molecule has 2 atom stereocenters. The first-order valence-corrected chi connectivity index (χ1v) is 8.89. The van der Waals surface area contributed by atoms with Gasteiger partial charge in [-0.25, -0.2) is 15.0 Å². The van der Waals surface area contributed by atoms with Crippen LogP contribution in [0.3, 0.4) is 0 Å². The van der Waals surface area contributed by atoms with E-state index in [0.29, 0.717) is 11.8 Å². The number of aryl methyl sites for hydroxylation is 2. The molecule has 6 heteroatoms. The Labute approximate surface area is 142 Å². The summed E-state index contributed by atoms with van der Waals surface area (Å²) in [5.41, 5.74) is 1.04. The fourth-order valence-electron chi connectivity index (χ4n) is 3.43. The third kappa shape index (κ3) is 3.29. The summed E-state index contributed by atoms with van der Waals surface area (Å²) in [6.07, 6.45) is 8.56. The maximum Gasteiger partial charge on any atom is 0.138 e. The van der Waals surface area contributed by atoms with Gasteiger partial charge in [0.15, 0.2) is 0 Å². The molecule has 1 N–H and O–H groups in total. The summed E-state index contributed by atoms with van der Waals surface area (Å²) < 4.78 is 8.10. The van der Waals surface area contributed by atoms with Crippen molar-refractivity contribution in [2.45, 2.75) is 44.6 Å². The molecule has 2 aromatic heterocycles. The Morgan fingerprint density at radius 2 is 2.17 bits per heavy atom. The molecular formula is C18H25N5O. The van der Waals surface area contributed by atoms with Crippen LogP contribution in [-0.2, 0) is 11.8 Å². The highest BCUT2D eigenvalue weighted by atomic mass is 16.5. The molecule has 1 saturated carbocycles. The summed E-state index contributed by atoms with van der Waals surface area (Å²) in [5, 5.41) is 3.52. The van der Waals surface area contributed by atoms with Gasteiger partial charge in [-0.15, -0.1) is 0 Å². The predicted molar refractivity (Wildman–Crippen MR) is 91.9 cm³/mol. The molecule has 1 aliphatic heterocycles. The molecule has 3 heterocycles. The molecule has 128 valence electrons. The summed E-state index contributed by atoms with van der Waals surface area (Å²) in [7, 11) is 2.03. The first-order chi connectivity index (χ1) is 11.7. The molecule has 4 rings (SSSR count). The summed E-state index contributed by atoms with van der Waals surface area (Å²) in [5.74, 6) is 3.92. The van der Waals surface area contributed by atoms with Gasteiger partial charge in [-0.1, -0.05) is 0 Å². The SMILES string of the molecule is Cc1cc(NC[C@@H]2CCCO[C@H]2c2nccn2C)nc(C2CC2)n1. The molecule has 2 aliphatic rings. The van der Waals surface area contributed by atoms with Gasteiger partial charge in [-0.2, -0.15) is 0 Å². The van der Waals surface area contributed by atoms with Gasteiger partial charge in [0.25, 0.3) is 0 Å². The van der Waals surface area contributed by atoms with E-state index >= 15 is 0 Å². The molecule has 2 aromatic rings. The number of hydrogen-bond acceptors (Lipinski definition) is 5. The number of rotatable bonds is 5. The Balaban J connectivity index is 1.46. The Morgan fingerprint density at radius 3 is 2.92 bits per heavy atom. The van der Waals surface area contributed by atoms with E-state index in [4.69, 9.17) is 9.72 Å². The van der Waals surface area contributed by atoms with Crippen LogP contribution in [0.2, 0.25) is 0 Å². The maximum atomic E-state index is 6.04. The predicted octanol–water partition coefficient (Wildman–Crippen LogP) is 2.98. The van der Waals surface area contributed by atoms with Crippen molar-refractivity contribution in [3.63, 3.8) is 0 Å². The van der Waals surface area contributed by atoms with Crippen LogP contribution in [0.5, 0.6) is 0 Å². The number of ether oxygens (including phenoxy) is 1. The van der Waals surface area contributed by atoms with Crippen molar-refractivity contribution in [2.24, 2.45) is 13.0 Å². The normalized spacial score (nSPS) is 24.1. The summed E-state index contributed by atoms with van der Waals surface area (Å²) in [6, 6.07) is 2.03. The lowest BCUT2D eigenvalue weighted by Crippen LogP contribution is -2.30. The van der Waals surface area contributed by atoms with E-state index in [1.165, 1.54) is 12.8 Å². The van der Waals surface area contributed by atoms with Crippen LogP contribution >= 0.6 is 0 Å². The average molecular weight is 327 g/mol. The van der Waals surface area contributed by atoms with E-state index in [1.54, 1.807) is 0 Å². The lowest BCUT2D eigenvalue weighted by atomic mass is 9.93. The Kier molecular flexibility index (Phi) is 4.22. The molecule has 1 saturated heterocycles. The van der Waals surface area contributed by atoms with Crippen molar-refractivity contribution in [3.8, 4) is 0 Å². The standard InChI is InChI=1S/C18H25N5O/c1-12-10-15(22-17(21-12)13-5-6-13)20-11-14-4-3-9-24-16(14)18-19-7-8-23(18)2/h7-8,10,13-14,16H,3-6,9,11H2,1-2H3,(H,20,21,22)/t14-,16+/m0/s1. The van der Waals surface area contributed by atoms with Gasteiger partial charge in [0, 0.05) is 56.2 Å². The minimum atomic E-state index is 0.0529. The Bertz CT molecular complexity index is 709. The third-order valence-electron chi connectivity index (χ3n) is 4.92. The van der Waals surface area contributed by atoms with E-state index in [9.17, 15) is 0 Å². The van der Waals surface area contributed by atoms with Crippen LogP contribution < -0.4 is 5.32 Å². The van der Waals surface area contributed by atoms with Gasteiger partial charge in [0.1, 0.15) is 23.6 Å².